The van der Waals surface area contributed by atoms with Crippen molar-refractivity contribution in [3.8, 4) is 0 Å². The van der Waals surface area contributed by atoms with Crippen LogP contribution in [-0.4, -0.2) is 54.4 Å². The van der Waals surface area contributed by atoms with Crippen molar-refractivity contribution >= 4 is 23.2 Å². The lowest BCUT2D eigenvalue weighted by Crippen LogP contribution is -2.38. The second kappa shape index (κ2) is 8.83. The Labute approximate surface area is 158 Å². The largest absolute Gasteiger partial charge is 0.366 e. The highest BCUT2D eigenvalue weighted by atomic mass is 16.6. The third kappa shape index (κ3) is 4.75. The maximum absolute atomic E-state index is 12.4. The Kier molecular flexibility index (Phi) is 6.26. The molecule has 1 N–H and O–H groups in total. The third-order valence-electron chi connectivity index (χ3n) is 5.24. The molecular formula is C19H26N4O4. The fourth-order valence-electron chi connectivity index (χ4n) is 3.73. The molecule has 0 bridgehead atoms. The van der Waals surface area contributed by atoms with Crippen LogP contribution in [0.4, 0.5) is 11.4 Å². The summed E-state index contributed by atoms with van der Waals surface area (Å²) in [5.74, 6) is -0.579. The Balaban J connectivity index is 1.69. The number of anilines is 1. The number of hydrogen-bond donors (Lipinski definition) is 1. The molecule has 2 aliphatic rings. The van der Waals surface area contributed by atoms with Crippen molar-refractivity contribution in [2.45, 2.75) is 38.5 Å². The minimum Gasteiger partial charge on any atom is -0.366 e. The summed E-state index contributed by atoms with van der Waals surface area (Å²) in [6.45, 7) is 2.95. The Bertz CT molecular complexity index is 708. The fourth-order valence-corrected chi connectivity index (χ4v) is 3.73. The zero-order valence-electron chi connectivity index (χ0n) is 15.5. The van der Waals surface area contributed by atoms with Crippen LogP contribution in [-0.2, 0) is 4.79 Å². The van der Waals surface area contributed by atoms with Gasteiger partial charge < -0.3 is 15.1 Å². The lowest BCUT2D eigenvalue weighted by Gasteiger charge is -2.22. The summed E-state index contributed by atoms with van der Waals surface area (Å²) in [5.41, 5.74) is 0.705. The highest BCUT2D eigenvalue weighted by Crippen LogP contribution is 2.31. The van der Waals surface area contributed by atoms with E-state index in [-0.39, 0.29) is 23.7 Å². The van der Waals surface area contributed by atoms with E-state index in [1.165, 1.54) is 6.07 Å². The van der Waals surface area contributed by atoms with Crippen molar-refractivity contribution in [1.82, 2.24) is 10.2 Å². The van der Waals surface area contributed by atoms with Crippen LogP contribution in [0.2, 0.25) is 0 Å². The van der Waals surface area contributed by atoms with Gasteiger partial charge in [-0.3, -0.25) is 19.7 Å². The number of nitrogens with one attached hydrogen (secondary N) is 1. The third-order valence-corrected chi connectivity index (χ3v) is 5.24. The number of nitro groups is 1. The minimum atomic E-state index is -0.465. The average molecular weight is 374 g/mol. The van der Waals surface area contributed by atoms with Crippen LogP contribution >= 0.6 is 0 Å². The second-order valence-electron chi connectivity index (χ2n) is 7.13. The molecule has 0 aliphatic carbocycles. The molecule has 146 valence electrons. The molecule has 0 aromatic heterocycles. The van der Waals surface area contributed by atoms with E-state index in [9.17, 15) is 19.7 Å². The minimum absolute atomic E-state index is 0.0598. The molecule has 0 radical (unpaired) electrons. The van der Waals surface area contributed by atoms with Crippen molar-refractivity contribution < 1.29 is 14.5 Å². The summed E-state index contributed by atoms with van der Waals surface area (Å²) >= 11 is 0. The first-order chi connectivity index (χ1) is 13.1. The summed E-state index contributed by atoms with van der Waals surface area (Å²) in [5, 5.41) is 14.1. The zero-order chi connectivity index (χ0) is 19.2. The number of benzene rings is 1. The van der Waals surface area contributed by atoms with Crippen LogP contribution in [0, 0.1) is 10.1 Å². The number of likely N-dealkylation sites (tertiary alicyclic amines) is 1. The topological polar surface area (TPSA) is 95.8 Å². The summed E-state index contributed by atoms with van der Waals surface area (Å²) in [6.07, 6.45) is 6.27. The Morgan fingerprint density at radius 2 is 1.63 bits per heavy atom. The summed E-state index contributed by atoms with van der Waals surface area (Å²) in [7, 11) is 0. The van der Waals surface area contributed by atoms with Crippen LogP contribution in [0.5, 0.6) is 0 Å². The van der Waals surface area contributed by atoms with E-state index >= 15 is 0 Å². The number of hydrogen-bond acceptors (Lipinski definition) is 5. The average Bonchev–Trinajstić information content (AvgIpc) is 3.08. The molecule has 8 nitrogen and oxygen atoms in total. The number of amides is 2. The molecule has 1 aromatic carbocycles. The summed E-state index contributed by atoms with van der Waals surface area (Å²) in [4.78, 5) is 39.3. The first-order valence-corrected chi connectivity index (χ1v) is 9.65. The maximum Gasteiger partial charge on any atom is 0.293 e. The number of carbonyl (C=O) groups is 2. The lowest BCUT2D eigenvalue weighted by molar-refractivity contribution is -0.384. The predicted molar refractivity (Wildman–Crippen MR) is 102 cm³/mol. The Morgan fingerprint density at radius 1 is 1.00 bits per heavy atom. The highest BCUT2D eigenvalue weighted by molar-refractivity contribution is 5.97. The molecule has 2 amide bonds. The van der Waals surface area contributed by atoms with Gasteiger partial charge in [0.05, 0.1) is 11.5 Å². The zero-order valence-corrected chi connectivity index (χ0v) is 15.5. The first kappa shape index (κ1) is 19.1. The van der Waals surface area contributed by atoms with E-state index in [0.717, 1.165) is 64.7 Å². The van der Waals surface area contributed by atoms with Gasteiger partial charge in [-0.2, -0.15) is 0 Å². The summed E-state index contributed by atoms with van der Waals surface area (Å²) in [6, 6.07) is 4.57. The van der Waals surface area contributed by atoms with E-state index < -0.39 is 10.8 Å². The van der Waals surface area contributed by atoms with Crippen molar-refractivity contribution in [3.05, 3.63) is 33.9 Å². The van der Waals surface area contributed by atoms with Gasteiger partial charge in [0, 0.05) is 37.8 Å². The SMILES string of the molecule is O=C(NCC(=O)N1CCCC1)c1ccc(N2CCCCCC2)c([N+](=O)[O-])c1. The van der Waals surface area contributed by atoms with Crippen molar-refractivity contribution in [2.75, 3.05) is 37.6 Å². The molecule has 0 unspecified atom stereocenters. The first-order valence-electron chi connectivity index (χ1n) is 9.65. The van der Waals surface area contributed by atoms with Gasteiger partial charge in [-0.15, -0.1) is 0 Å². The molecule has 2 heterocycles. The van der Waals surface area contributed by atoms with Gasteiger partial charge in [0.2, 0.25) is 5.91 Å². The number of nitro benzene ring substituents is 1. The quantitative estimate of drug-likeness (QED) is 0.630. The van der Waals surface area contributed by atoms with E-state index in [1.807, 2.05) is 4.90 Å². The predicted octanol–water partition coefficient (Wildman–Crippen LogP) is 2.33. The lowest BCUT2D eigenvalue weighted by atomic mass is 10.1. The van der Waals surface area contributed by atoms with Gasteiger partial charge in [0.1, 0.15) is 5.69 Å². The smallest absolute Gasteiger partial charge is 0.293 e. The molecular weight excluding hydrogens is 348 g/mol. The highest BCUT2D eigenvalue weighted by Gasteiger charge is 2.23. The van der Waals surface area contributed by atoms with Gasteiger partial charge in [0.15, 0.2) is 0 Å². The molecule has 2 saturated heterocycles. The molecule has 1 aromatic rings. The van der Waals surface area contributed by atoms with Gasteiger partial charge >= 0.3 is 0 Å². The van der Waals surface area contributed by atoms with Crippen LogP contribution < -0.4 is 10.2 Å². The molecule has 0 atom stereocenters. The molecule has 0 saturated carbocycles. The Hall–Kier alpha value is -2.64. The van der Waals surface area contributed by atoms with E-state index in [2.05, 4.69) is 5.32 Å². The van der Waals surface area contributed by atoms with Gasteiger partial charge in [-0.1, -0.05) is 12.8 Å². The normalized spacial score (nSPS) is 17.5. The van der Waals surface area contributed by atoms with Crippen molar-refractivity contribution in [3.63, 3.8) is 0 Å². The van der Waals surface area contributed by atoms with Crippen molar-refractivity contribution in [2.24, 2.45) is 0 Å². The summed E-state index contributed by atoms with van der Waals surface area (Å²) < 4.78 is 0. The monoisotopic (exact) mass is 374 g/mol. The van der Waals surface area contributed by atoms with Gasteiger partial charge in [-0.25, -0.2) is 0 Å². The molecule has 2 fully saturated rings. The number of carbonyl (C=O) groups excluding carboxylic acids is 2. The van der Waals surface area contributed by atoms with Crippen molar-refractivity contribution in [1.29, 1.82) is 0 Å². The molecule has 2 aliphatic heterocycles. The van der Waals surface area contributed by atoms with E-state index in [0.29, 0.717) is 5.69 Å². The second-order valence-corrected chi connectivity index (χ2v) is 7.13. The number of nitrogens with zero attached hydrogens (tertiary/aromatic N) is 3. The maximum atomic E-state index is 12.4. The van der Waals surface area contributed by atoms with E-state index in [4.69, 9.17) is 0 Å². The fraction of sp³-hybridized carbons (Fsp3) is 0.579. The molecule has 27 heavy (non-hydrogen) atoms. The molecule has 3 rings (SSSR count). The Morgan fingerprint density at radius 3 is 2.26 bits per heavy atom. The standard InChI is InChI=1S/C19H26N4O4/c24-18(22-11-5-6-12-22)14-20-19(25)15-7-8-16(17(13-15)23(26)27)21-9-3-1-2-4-10-21/h7-8,13H,1-6,9-12,14H2,(H,20,25). The van der Waals surface area contributed by atoms with Crippen LogP contribution in [0.15, 0.2) is 18.2 Å². The number of rotatable bonds is 5. The molecule has 8 heteroatoms. The van der Waals surface area contributed by atoms with Gasteiger partial charge in [0.25, 0.3) is 11.6 Å². The van der Waals surface area contributed by atoms with Crippen LogP contribution in [0.25, 0.3) is 0 Å². The molecule has 0 spiro atoms. The van der Waals surface area contributed by atoms with Crippen LogP contribution in [0.3, 0.4) is 0 Å². The van der Waals surface area contributed by atoms with Crippen LogP contribution in [0.1, 0.15) is 48.9 Å². The van der Waals surface area contributed by atoms with Gasteiger partial charge in [-0.05, 0) is 37.8 Å². The van der Waals surface area contributed by atoms with E-state index in [1.54, 1.807) is 17.0 Å².